The Morgan fingerprint density at radius 2 is 1.57 bits per heavy atom. The topological polar surface area (TPSA) is 44.5 Å². The summed E-state index contributed by atoms with van der Waals surface area (Å²) in [6, 6.07) is -0.221. The predicted octanol–water partition coefficient (Wildman–Crippen LogP) is 3.81. The van der Waals surface area contributed by atoms with Crippen molar-refractivity contribution in [2.45, 2.75) is 24.6 Å². The molecule has 0 fully saturated rings. The molecule has 0 aliphatic carbocycles. The lowest BCUT2D eigenvalue weighted by Gasteiger charge is -2.27. The summed E-state index contributed by atoms with van der Waals surface area (Å²) in [5.74, 6) is -4.69. The first kappa shape index (κ1) is 16.3. The molecule has 0 saturated heterocycles. The smallest absolute Gasteiger partial charge is 0.455 e. The Labute approximate surface area is 125 Å². The van der Waals surface area contributed by atoms with Crippen molar-refractivity contribution >= 4 is 15.9 Å². The molecule has 1 aromatic rings. The lowest BCUT2D eigenvalue weighted by Crippen LogP contribution is -2.46. The lowest BCUT2D eigenvalue weighted by atomic mass is 10.0. The van der Waals surface area contributed by atoms with E-state index in [9.17, 15) is 22.0 Å². The van der Waals surface area contributed by atoms with Gasteiger partial charge in [0.1, 0.15) is 6.04 Å². The van der Waals surface area contributed by atoms with Gasteiger partial charge in [-0.1, -0.05) is 15.9 Å². The van der Waals surface area contributed by atoms with Gasteiger partial charge < -0.3 is 15.2 Å². The summed E-state index contributed by atoms with van der Waals surface area (Å²) in [4.78, 5) is 0. The average molecular weight is 376 g/mol. The Kier molecular flexibility index (Phi) is 4.34. The third-order valence-electron chi connectivity index (χ3n) is 2.97. The number of nitrogens with two attached hydrogens (primary N) is 1. The van der Waals surface area contributed by atoms with Gasteiger partial charge in [0.2, 0.25) is 0 Å². The monoisotopic (exact) mass is 375 g/mol. The van der Waals surface area contributed by atoms with Crippen molar-refractivity contribution in [1.82, 2.24) is 0 Å². The maximum atomic E-state index is 13.4. The van der Waals surface area contributed by atoms with Crippen LogP contribution in [0.1, 0.15) is 18.0 Å². The van der Waals surface area contributed by atoms with Crippen molar-refractivity contribution < 1.29 is 31.4 Å². The maximum absolute atomic E-state index is 13.4. The van der Waals surface area contributed by atoms with Crippen molar-refractivity contribution in [3.05, 3.63) is 22.2 Å². The number of hydrogen-bond donors (Lipinski definition) is 1. The summed E-state index contributed by atoms with van der Waals surface area (Å²) in [5, 5.41) is 0. The fourth-order valence-corrected chi connectivity index (χ4v) is 2.38. The first-order valence-electron chi connectivity index (χ1n) is 5.93. The lowest BCUT2D eigenvalue weighted by molar-refractivity contribution is -0.291. The molecule has 0 radical (unpaired) electrons. The Morgan fingerprint density at radius 1 is 1.05 bits per heavy atom. The molecule has 1 heterocycles. The van der Waals surface area contributed by atoms with Crippen molar-refractivity contribution in [2.24, 2.45) is 5.73 Å². The van der Waals surface area contributed by atoms with Gasteiger partial charge in [0, 0.05) is 10.9 Å². The summed E-state index contributed by atoms with van der Waals surface area (Å²) in [7, 11) is 0. The van der Waals surface area contributed by atoms with Crippen LogP contribution in [0.15, 0.2) is 16.6 Å². The Morgan fingerprint density at radius 3 is 2.10 bits per heavy atom. The minimum absolute atomic E-state index is 0.00294. The molecule has 0 aromatic heterocycles. The largest absolute Gasteiger partial charge is 0.490 e. The summed E-state index contributed by atoms with van der Waals surface area (Å²) < 4.78 is 74.5. The second-order valence-corrected chi connectivity index (χ2v) is 5.32. The van der Waals surface area contributed by atoms with Crippen LogP contribution in [0.4, 0.5) is 22.0 Å². The third kappa shape index (κ3) is 3.08. The van der Waals surface area contributed by atoms with Gasteiger partial charge in [-0.25, -0.2) is 0 Å². The summed E-state index contributed by atoms with van der Waals surface area (Å²) in [6.07, 6.45) is -5.16. The van der Waals surface area contributed by atoms with Crippen LogP contribution >= 0.6 is 15.9 Å². The zero-order valence-corrected chi connectivity index (χ0v) is 12.1. The van der Waals surface area contributed by atoms with E-state index in [1.807, 2.05) is 0 Å². The normalized spacial score (nSPS) is 17.3. The minimum atomic E-state index is -5.74. The van der Waals surface area contributed by atoms with E-state index in [-0.39, 0.29) is 22.6 Å². The number of ether oxygens (including phenoxy) is 2. The van der Waals surface area contributed by atoms with Gasteiger partial charge >= 0.3 is 12.1 Å². The molecular weight excluding hydrogens is 365 g/mol. The fourth-order valence-electron chi connectivity index (χ4n) is 1.81. The van der Waals surface area contributed by atoms with Gasteiger partial charge in [-0.3, -0.25) is 0 Å². The zero-order chi connectivity index (χ0) is 15.8. The van der Waals surface area contributed by atoms with Gasteiger partial charge in [-0.2, -0.15) is 22.0 Å². The molecule has 2 N–H and O–H groups in total. The van der Waals surface area contributed by atoms with E-state index in [2.05, 4.69) is 15.9 Å². The van der Waals surface area contributed by atoms with Crippen LogP contribution in [0.2, 0.25) is 0 Å². The molecule has 9 heteroatoms. The zero-order valence-electron chi connectivity index (χ0n) is 10.5. The van der Waals surface area contributed by atoms with Crippen molar-refractivity contribution in [3.63, 3.8) is 0 Å². The molecule has 0 spiro atoms. The van der Waals surface area contributed by atoms with E-state index in [0.29, 0.717) is 13.0 Å². The Hall–Kier alpha value is -1.09. The number of fused-ring (bicyclic) bond motifs is 1. The van der Waals surface area contributed by atoms with Crippen LogP contribution in [0.25, 0.3) is 0 Å². The molecule has 0 saturated carbocycles. The van der Waals surface area contributed by atoms with E-state index in [1.165, 1.54) is 6.07 Å². The van der Waals surface area contributed by atoms with Crippen molar-refractivity contribution in [3.8, 4) is 11.5 Å². The predicted molar refractivity (Wildman–Crippen MR) is 67.7 cm³/mol. The van der Waals surface area contributed by atoms with E-state index < -0.39 is 23.7 Å². The number of hydrogen-bond acceptors (Lipinski definition) is 3. The summed E-state index contributed by atoms with van der Waals surface area (Å²) in [6.45, 7) is 0.641. The quantitative estimate of drug-likeness (QED) is 0.799. The molecular formula is C12H11BrF5NO2. The highest BCUT2D eigenvalue weighted by molar-refractivity contribution is 9.10. The number of benzene rings is 1. The van der Waals surface area contributed by atoms with Crippen LogP contribution in [-0.2, 0) is 0 Å². The maximum Gasteiger partial charge on any atom is 0.455 e. The SMILES string of the molecule is NC(c1cc2c(cc1Br)OCCCO2)C(F)(F)C(F)(F)F. The molecule has 1 atom stereocenters. The van der Waals surface area contributed by atoms with E-state index in [1.54, 1.807) is 0 Å². The Balaban J connectivity index is 2.42. The van der Waals surface area contributed by atoms with Gasteiger partial charge in [0.15, 0.2) is 11.5 Å². The van der Waals surface area contributed by atoms with Crippen LogP contribution < -0.4 is 15.2 Å². The molecule has 1 aliphatic heterocycles. The minimum Gasteiger partial charge on any atom is -0.490 e. The molecule has 3 nitrogen and oxygen atoms in total. The highest BCUT2D eigenvalue weighted by atomic mass is 79.9. The van der Waals surface area contributed by atoms with E-state index in [0.717, 1.165) is 6.07 Å². The number of rotatable bonds is 2. The standard InChI is InChI=1S/C12H11BrF5NO2/c13-7-5-9-8(20-2-1-3-21-9)4-6(7)10(19)11(14,15)12(16,17)18/h4-5,10H,1-3,19H2. The second kappa shape index (κ2) is 5.60. The molecule has 21 heavy (non-hydrogen) atoms. The molecule has 2 rings (SSSR count). The van der Waals surface area contributed by atoms with Gasteiger partial charge in [0.05, 0.1) is 13.2 Å². The van der Waals surface area contributed by atoms with Crippen LogP contribution in [0.5, 0.6) is 11.5 Å². The highest BCUT2D eigenvalue weighted by Crippen LogP contribution is 2.46. The van der Waals surface area contributed by atoms with Gasteiger partial charge in [0.25, 0.3) is 0 Å². The highest BCUT2D eigenvalue weighted by Gasteiger charge is 2.62. The first-order valence-corrected chi connectivity index (χ1v) is 6.73. The third-order valence-corrected chi connectivity index (χ3v) is 3.66. The number of alkyl halides is 5. The summed E-state index contributed by atoms with van der Waals surface area (Å²) in [5.41, 5.74) is 4.73. The van der Waals surface area contributed by atoms with Crippen LogP contribution in [-0.4, -0.2) is 25.3 Å². The van der Waals surface area contributed by atoms with Crippen molar-refractivity contribution in [1.29, 1.82) is 0 Å². The summed E-state index contributed by atoms with van der Waals surface area (Å²) >= 11 is 2.94. The average Bonchev–Trinajstić information content (AvgIpc) is 2.60. The molecule has 0 bridgehead atoms. The van der Waals surface area contributed by atoms with Crippen LogP contribution in [0.3, 0.4) is 0 Å². The molecule has 0 amide bonds. The molecule has 1 aromatic carbocycles. The second-order valence-electron chi connectivity index (χ2n) is 4.47. The molecule has 1 unspecified atom stereocenters. The van der Waals surface area contributed by atoms with E-state index >= 15 is 0 Å². The molecule has 1 aliphatic rings. The first-order chi connectivity index (χ1) is 9.64. The van der Waals surface area contributed by atoms with Crippen LogP contribution in [0, 0.1) is 0 Å². The van der Waals surface area contributed by atoms with E-state index in [4.69, 9.17) is 15.2 Å². The van der Waals surface area contributed by atoms with Gasteiger partial charge in [-0.05, 0) is 17.7 Å². The fraction of sp³-hybridized carbons (Fsp3) is 0.500. The molecule has 118 valence electrons. The van der Waals surface area contributed by atoms with Gasteiger partial charge in [-0.15, -0.1) is 0 Å². The number of halogens is 6. The van der Waals surface area contributed by atoms with Crippen molar-refractivity contribution in [2.75, 3.05) is 13.2 Å². The Bertz CT molecular complexity index is 535.